The van der Waals surface area contributed by atoms with Gasteiger partial charge in [0, 0.05) is 43.9 Å². The van der Waals surface area contributed by atoms with Gasteiger partial charge in [0.2, 0.25) is 5.91 Å². The van der Waals surface area contributed by atoms with E-state index in [-0.39, 0.29) is 5.91 Å². The second-order valence-electron chi connectivity index (χ2n) is 6.93. The number of nitrogens with zero attached hydrogens (tertiary/aromatic N) is 3. The highest BCUT2D eigenvalue weighted by Crippen LogP contribution is 2.17. The summed E-state index contributed by atoms with van der Waals surface area (Å²) in [4.78, 5) is 19.1. The second kappa shape index (κ2) is 8.08. The highest BCUT2D eigenvalue weighted by molar-refractivity contribution is 5.78. The van der Waals surface area contributed by atoms with E-state index >= 15 is 0 Å². The lowest BCUT2D eigenvalue weighted by molar-refractivity contribution is -0.120. The van der Waals surface area contributed by atoms with Crippen LogP contribution >= 0.6 is 0 Å². The van der Waals surface area contributed by atoms with Crippen LogP contribution in [0.1, 0.15) is 24.0 Å². The zero-order valence-corrected chi connectivity index (χ0v) is 15.3. The van der Waals surface area contributed by atoms with E-state index in [0.717, 1.165) is 35.7 Å². The molecule has 1 aliphatic heterocycles. The fourth-order valence-corrected chi connectivity index (χ4v) is 3.40. The number of nitrogens with one attached hydrogen (secondary N) is 1. The van der Waals surface area contributed by atoms with Crippen LogP contribution < -0.4 is 10.2 Å². The lowest BCUT2D eigenvalue weighted by Crippen LogP contribution is -2.25. The van der Waals surface area contributed by atoms with Crippen LogP contribution in [0.3, 0.4) is 0 Å². The summed E-state index contributed by atoms with van der Waals surface area (Å²) in [5.74, 6) is 1.05. The smallest absolute Gasteiger partial charge is 0.224 e. The van der Waals surface area contributed by atoms with Gasteiger partial charge in [-0.25, -0.2) is 4.98 Å². The van der Waals surface area contributed by atoms with Crippen molar-refractivity contribution in [3.05, 3.63) is 78.2 Å². The van der Waals surface area contributed by atoms with Gasteiger partial charge in [-0.15, -0.1) is 0 Å². The normalized spacial score (nSPS) is 13.7. The average Bonchev–Trinajstić information content (AvgIpc) is 3.41. The van der Waals surface area contributed by atoms with E-state index in [1.165, 1.54) is 12.8 Å². The summed E-state index contributed by atoms with van der Waals surface area (Å²) in [6.07, 6.45) is 8.73. The Morgan fingerprint density at radius 1 is 0.963 bits per heavy atom. The van der Waals surface area contributed by atoms with Gasteiger partial charge in [0.15, 0.2) is 0 Å². The van der Waals surface area contributed by atoms with Gasteiger partial charge in [0.05, 0.1) is 6.42 Å². The minimum Gasteiger partial charge on any atom is -0.357 e. The van der Waals surface area contributed by atoms with Crippen molar-refractivity contribution in [1.29, 1.82) is 0 Å². The summed E-state index contributed by atoms with van der Waals surface area (Å²) in [7, 11) is 0. The zero-order valence-electron chi connectivity index (χ0n) is 15.3. The number of pyridine rings is 1. The van der Waals surface area contributed by atoms with Crippen molar-refractivity contribution in [2.24, 2.45) is 0 Å². The summed E-state index contributed by atoms with van der Waals surface area (Å²) in [6, 6.07) is 16.2. The van der Waals surface area contributed by atoms with E-state index in [9.17, 15) is 4.79 Å². The molecule has 4 rings (SSSR count). The molecule has 0 atom stereocenters. The van der Waals surface area contributed by atoms with Crippen LogP contribution in [0, 0.1) is 0 Å². The van der Waals surface area contributed by atoms with Gasteiger partial charge < -0.3 is 14.8 Å². The standard InChI is InChI=1S/C22H24N4O/c27-22(15-18-5-8-20(9-6-18)25-11-1-2-12-25)24-17-19-7-10-21(23-16-19)26-13-3-4-14-26/h1-2,5-12,16H,3-4,13-15,17H2,(H,24,27). The average molecular weight is 360 g/mol. The molecule has 27 heavy (non-hydrogen) atoms. The van der Waals surface area contributed by atoms with Crippen LogP contribution in [0.5, 0.6) is 0 Å². The van der Waals surface area contributed by atoms with Crippen LogP contribution in [0.2, 0.25) is 0 Å². The van der Waals surface area contributed by atoms with Gasteiger partial charge in [0.25, 0.3) is 0 Å². The molecule has 0 radical (unpaired) electrons. The molecule has 1 saturated heterocycles. The predicted octanol–water partition coefficient (Wildman–Crippen LogP) is 3.33. The number of carbonyl (C=O) groups is 1. The number of aromatic nitrogens is 2. The maximum atomic E-state index is 12.2. The van der Waals surface area contributed by atoms with Crippen LogP contribution in [-0.4, -0.2) is 28.5 Å². The molecule has 1 aromatic carbocycles. The molecule has 138 valence electrons. The van der Waals surface area contributed by atoms with E-state index in [0.29, 0.717) is 13.0 Å². The van der Waals surface area contributed by atoms with Crippen LogP contribution in [0.25, 0.3) is 5.69 Å². The number of rotatable bonds is 6. The maximum Gasteiger partial charge on any atom is 0.224 e. The third kappa shape index (κ3) is 4.37. The molecular formula is C22H24N4O. The van der Waals surface area contributed by atoms with Gasteiger partial charge >= 0.3 is 0 Å². The predicted molar refractivity (Wildman–Crippen MR) is 107 cm³/mol. The van der Waals surface area contributed by atoms with E-state index in [1.54, 1.807) is 0 Å². The molecule has 3 aromatic rings. The lowest BCUT2D eigenvalue weighted by atomic mass is 10.1. The van der Waals surface area contributed by atoms with Crippen molar-refractivity contribution in [2.75, 3.05) is 18.0 Å². The van der Waals surface area contributed by atoms with Crippen LogP contribution in [-0.2, 0) is 17.8 Å². The summed E-state index contributed by atoms with van der Waals surface area (Å²) in [5, 5.41) is 2.98. The van der Waals surface area contributed by atoms with Gasteiger partial charge in [-0.1, -0.05) is 18.2 Å². The van der Waals surface area contributed by atoms with Crippen LogP contribution in [0.15, 0.2) is 67.1 Å². The Hall–Kier alpha value is -3.08. The van der Waals surface area contributed by atoms with Crippen molar-refractivity contribution in [2.45, 2.75) is 25.8 Å². The first-order chi connectivity index (χ1) is 13.3. The molecule has 5 heteroatoms. The van der Waals surface area contributed by atoms with Gasteiger partial charge in [-0.3, -0.25) is 4.79 Å². The summed E-state index contributed by atoms with van der Waals surface area (Å²) in [5.41, 5.74) is 3.12. The monoisotopic (exact) mass is 360 g/mol. The molecule has 3 heterocycles. The number of hydrogen-bond acceptors (Lipinski definition) is 3. The van der Waals surface area contributed by atoms with Crippen molar-refractivity contribution in [1.82, 2.24) is 14.9 Å². The number of hydrogen-bond donors (Lipinski definition) is 1. The minimum atomic E-state index is 0.0207. The molecular weight excluding hydrogens is 336 g/mol. The van der Waals surface area contributed by atoms with E-state index < -0.39 is 0 Å². The molecule has 5 nitrogen and oxygen atoms in total. The highest BCUT2D eigenvalue weighted by Gasteiger charge is 2.13. The van der Waals surface area contributed by atoms with Crippen molar-refractivity contribution >= 4 is 11.7 Å². The van der Waals surface area contributed by atoms with Gasteiger partial charge in [-0.05, 0) is 54.3 Å². The van der Waals surface area contributed by atoms with Crippen molar-refractivity contribution in [3.63, 3.8) is 0 Å². The minimum absolute atomic E-state index is 0.0207. The van der Waals surface area contributed by atoms with Crippen molar-refractivity contribution in [3.8, 4) is 5.69 Å². The molecule has 0 unspecified atom stereocenters. The summed E-state index contributed by atoms with van der Waals surface area (Å²) >= 11 is 0. The first kappa shape index (κ1) is 17.3. The number of anilines is 1. The molecule has 0 saturated carbocycles. The SMILES string of the molecule is O=C(Cc1ccc(-n2cccc2)cc1)NCc1ccc(N2CCCC2)nc1. The first-order valence-corrected chi connectivity index (χ1v) is 9.47. The fourth-order valence-electron chi connectivity index (χ4n) is 3.40. The summed E-state index contributed by atoms with van der Waals surface area (Å²) < 4.78 is 2.04. The Balaban J connectivity index is 1.28. The third-order valence-electron chi connectivity index (χ3n) is 4.93. The Kier molecular flexibility index (Phi) is 5.19. The number of amides is 1. The quantitative estimate of drug-likeness (QED) is 0.734. The Morgan fingerprint density at radius 2 is 1.67 bits per heavy atom. The topological polar surface area (TPSA) is 50.2 Å². The zero-order chi connectivity index (χ0) is 18.5. The second-order valence-corrected chi connectivity index (χ2v) is 6.93. The molecule has 0 spiro atoms. The first-order valence-electron chi connectivity index (χ1n) is 9.47. The number of benzene rings is 1. The molecule has 0 aliphatic carbocycles. The van der Waals surface area contributed by atoms with E-state index in [2.05, 4.69) is 15.2 Å². The molecule has 1 aliphatic rings. The summed E-state index contributed by atoms with van der Waals surface area (Å²) in [6.45, 7) is 2.69. The largest absolute Gasteiger partial charge is 0.357 e. The lowest BCUT2D eigenvalue weighted by Gasteiger charge is -2.16. The third-order valence-corrected chi connectivity index (χ3v) is 4.93. The Morgan fingerprint density at radius 3 is 2.33 bits per heavy atom. The molecule has 0 bridgehead atoms. The van der Waals surface area contributed by atoms with Gasteiger partial charge in [0.1, 0.15) is 5.82 Å². The van der Waals surface area contributed by atoms with Gasteiger partial charge in [-0.2, -0.15) is 0 Å². The number of carbonyl (C=O) groups excluding carboxylic acids is 1. The highest BCUT2D eigenvalue weighted by atomic mass is 16.1. The molecule has 1 amide bonds. The van der Waals surface area contributed by atoms with E-state index in [4.69, 9.17) is 0 Å². The van der Waals surface area contributed by atoms with E-state index in [1.807, 2.05) is 71.7 Å². The van der Waals surface area contributed by atoms with Crippen molar-refractivity contribution < 1.29 is 4.79 Å². The van der Waals surface area contributed by atoms with Crippen LogP contribution in [0.4, 0.5) is 5.82 Å². The molecule has 2 aromatic heterocycles. The Bertz CT molecular complexity index is 864. The Labute approximate surface area is 159 Å². The molecule has 1 N–H and O–H groups in total. The molecule has 1 fully saturated rings. The maximum absolute atomic E-state index is 12.2. The fraction of sp³-hybridized carbons (Fsp3) is 0.273.